The second-order valence-corrected chi connectivity index (χ2v) is 8.58. The highest BCUT2D eigenvalue weighted by Gasteiger charge is 2.40. The number of carboxylic acids is 1. The molecule has 1 aromatic carbocycles. The van der Waals surface area contributed by atoms with Gasteiger partial charge in [-0.3, -0.25) is 4.79 Å². The molecule has 1 aliphatic carbocycles. The minimum Gasteiger partial charge on any atom is -0.475 e. The van der Waals surface area contributed by atoms with E-state index in [0.29, 0.717) is 24.4 Å². The van der Waals surface area contributed by atoms with Crippen LogP contribution in [0.3, 0.4) is 0 Å². The summed E-state index contributed by atoms with van der Waals surface area (Å²) in [5.74, 6) is -2.65. The number of halogens is 4. The first-order chi connectivity index (χ1) is 14.9. The van der Waals surface area contributed by atoms with Gasteiger partial charge in [-0.1, -0.05) is 0 Å². The SMILES string of the molecule is NC1CCC(CCN2CCC(O)(C(=O)c3ccc(F)cc3)CC2)CC1.O=C(O)C(F)(F)F. The van der Waals surface area contributed by atoms with Crippen molar-refractivity contribution in [2.24, 2.45) is 11.7 Å². The first kappa shape index (κ1) is 26.2. The topological polar surface area (TPSA) is 104 Å². The van der Waals surface area contributed by atoms with Gasteiger partial charge in [0.25, 0.3) is 0 Å². The molecule has 32 heavy (non-hydrogen) atoms. The van der Waals surface area contributed by atoms with Gasteiger partial charge in [0.2, 0.25) is 0 Å². The summed E-state index contributed by atoms with van der Waals surface area (Å²) in [5, 5.41) is 17.9. The predicted molar refractivity (Wildman–Crippen MR) is 110 cm³/mol. The zero-order valence-electron chi connectivity index (χ0n) is 17.8. The molecule has 2 aliphatic rings. The Morgan fingerprint density at radius 1 is 1.06 bits per heavy atom. The van der Waals surface area contributed by atoms with Crippen molar-refractivity contribution in [1.82, 2.24) is 4.90 Å². The third-order valence-corrected chi connectivity index (χ3v) is 6.20. The summed E-state index contributed by atoms with van der Waals surface area (Å²) in [5.41, 5.74) is 5.03. The van der Waals surface area contributed by atoms with Crippen LogP contribution in [0.15, 0.2) is 24.3 Å². The Kier molecular flexibility index (Phi) is 9.18. The van der Waals surface area contributed by atoms with Gasteiger partial charge in [0.05, 0.1) is 0 Å². The van der Waals surface area contributed by atoms with Gasteiger partial charge >= 0.3 is 12.1 Å². The molecule has 2 fully saturated rings. The number of likely N-dealkylation sites (tertiary alicyclic amines) is 1. The van der Waals surface area contributed by atoms with Crippen LogP contribution in [-0.2, 0) is 4.79 Å². The molecule has 0 unspecified atom stereocenters. The van der Waals surface area contributed by atoms with E-state index in [1.54, 1.807) is 0 Å². The Bertz CT molecular complexity index is 754. The second kappa shape index (κ2) is 11.2. The quantitative estimate of drug-likeness (QED) is 0.458. The molecule has 1 saturated carbocycles. The van der Waals surface area contributed by atoms with Crippen LogP contribution in [-0.4, -0.2) is 64.3 Å². The molecule has 3 rings (SSSR count). The summed E-state index contributed by atoms with van der Waals surface area (Å²) < 4.78 is 44.7. The van der Waals surface area contributed by atoms with Crippen molar-refractivity contribution in [3.05, 3.63) is 35.6 Å². The van der Waals surface area contributed by atoms with Crippen molar-refractivity contribution in [3.8, 4) is 0 Å². The highest BCUT2D eigenvalue weighted by molar-refractivity contribution is 6.02. The number of piperidine rings is 1. The van der Waals surface area contributed by atoms with Crippen molar-refractivity contribution < 1.29 is 37.4 Å². The molecule has 10 heteroatoms. The van der Waals surface area contributed by atoms with E-state index in [2.05, 4.69) is 4.90 Å². The monoisotopic (exact) mass is 462 g/mol. The fourth-order valence-corrected chi connectivity index (χ4v) is 4.09. The molecule has 0 bridgehead atoms. The highest BCUT2D eigenvalue weighted by atomic mass is 19.4. The normalized spacial score (nSPS) is 23.7. The van der Waals surface area contributed by atoms with E-state index < -0.39 is 17.7 Å². The van der Waals surface area contributed by atoms with Gasteiger partial charge in [0.15, 0.2) is 5.78 Å². The Morgan fingerprint density at radius 3 is 2.03 bits per heavy atom. The van der Waals surface area contributed by atoms with Crippen molar-refractivity contribution in [2.45, 2.75) is 62.8 Å². The van der Waals surface area contributed by atoms with Crippen LogP contribution in [0, 0.1) is 11.7 Å². The molecular formula is C22H30F4N2O4. The molecule has 1 aliphatic heterocycles. The number of aliphatic hydroxyl groups is 1. The molecule has 0 amide bonds. The molecular weight excluding hydrogens is 432 g/mol. The lowest BCUT2D eigenvalue weighted by Gasteiger charge is -2.38. The Labute approximate surface area is 184 Å². The zero-order chi connectivity index (χ0) is 23.9. The van der Waals surface area contributed by atoms with E-state index >= 15 is 0 Å². The van der Waals surface area contributed by atoms with Crippen LogP contribution in [0.5, 0.6) is 0 Å². The van der Waals surface area contributed by atoms with Gasteiger partial charge < -0.3 is 20.8 Å². The van der Waals surface area contributed by atoms with E-state index in [0.717, 1.165) is 38.4 Å². The van der Waals surface area contributed by atoms with Gasteiger partial charge in [-0.15, -0.1) is 0 Å². The number of hydrogen-bond donors (Lipinski definition) is 3. The number of carbonyl (C=O) groups excluding carboxylic acids is 1. The van der Waals surface area contributed by atoms with Crippen molar-refractivity contribution in [3.63, 3.8) is 0 Å². The number of rotatable bonds is 5. The van der Waals surface area contributed by atoms with E-state index in [9.17, 15) is 27.5 Å². The van der Waals surface area contributed by atoms with E-state index in [-0.39, 0.29) is 11.6 Å². The number of nitrogens with zero attached hydrogens (tertiary/aromatic N) is 1. The fraction of sp³-hybridized carbons (Fsp3) is 0.636. The highest BCUT2D eigenvalue weighted by Crippen LogP contribution is 2.29. The molecule has 0 radical (unpaired) electrons. The second-order valence-electron chi connectivity index (χ2n) is 8.58. The molecule has 180 valence electrons. The maximum atomic E-state index is 13.0. The van der Waals surface area contributed by atoms with Crippen molar-refractivity contribution >= 4 is 11.8 Å². The van der Waals surface area contributed by atoms with Crippen LogP contribution in [0.2, 0.25) is 0 Å². The van der Waals surface area contributed by atoms with Crippen molar-refractivity contribution in [1.29, 1.82) is 0 Å². The van der Waals surface area contributed by atoms with Crippen LogP contribution >= 0.6 is 0 Å². The fourth-order valence-electron chi connectivity index (χ4n) is 4.09. The smallest absolute Gasteiger partial charge is 0.475 e. The van der Waals surface area contributed by atoms with Crippen LogP contribution in [0.25, 0.3) is 0 Å². The number of alkyl halides is 3. The van der Waals surface area contributed by atoms with E-state index in [4.69, 9.17) is 15.6 Å². The number of carbonyl (C=O) groups is 2. The number of nitrogens with two attached hydrogens (primary N) is 1. The standard InChI is InChI=1S/C20H29FN2O2.C2HF3O2/c21-17-5-3-16(4-6-17)19(24)20(25)10-13-23(14-11-20)12-9-15-1-7-18(22)8-2-15;3-2(4,5)1(6)7/h3-6,15,18,25H,1-2,7-14,22H2;(H,6,7). The van der Waals surface area contributed by atoms with Crippen LogP contribution in [0.4, 0.5) is 17.6 Å². The van der Waals surface area contributed by atoms with Gasteiger partial charge in [-0.05, 0) is 81.7 Å². The number of aliphatic carboxylic acids is 1. The number of ketones is 1. The first-order valence-electron chi connectivity index (χ1n) is 10.7. The minimum absolute atomic E-state index is 0.284. The lowest BCUT2D eigenvalue weighted by atomic mass is 9.82. The molecule has 0 spiro atoms. The summed E-state index contributed by atoms with van der Waals surface area (Å²) in [4.78, 5) is 23.8. The van der Waals surface area contributed by atoms with Gasteiger partial charge in [-0.2, -0.15) is 13.2 Å². The lowest BCUT2D eigenvalue weighted by Crippen LogP contribution is -2.49. The molecule has 4 N–H and O–H groups in total. The molecule has 1 saturated heterocycles. The average molecular weight is 462 g/mol. The molecule has 1 heterocycles. The van der Waals surface area contributed by atoms with E-state index in [1.807, 2.05) is 0 Å². The molecule has 0 atom stereocenters. The average Bonchev–Trinajstić information content (AvgIpc) is 2.74. The minimum atomic E-state index is -5.08. The third-order valence-electron chi connectivity index (χ3n) is 6.20. The third kappa shape index (κ3) is 7.83. The summed E-state index contributed by atoms with van der Waals surface area (Å²) in [6.07, 6.45) is 1.70. The number of benzene rings is 1. The molecule has 0 aromatic heterocycles. The van der Waals surface area contributed by atoms with Crippen LogP contribution < -0.4 is 5.73 Å². The first-order valence-corrected chi connectivity index (χ1v) is 10.7. The zero-order valence-corrected chi connectivity index (χ0v) is 17.8. The number of carboxylic acid groups (broad SMARTS) is 1. The lowest BCUT2D eigenvalue weighted by molar-refractivity contribution is -0.192. The summed E-state index contributed by atoms with van der Waals surface area (Å²) in [7, 11) is 0. The van der Waals surface area contributed by atoms with Gasteiger partial charge in [0.1, 0.15) is 11.4 Å². The molecule has 1 aromatic rings. The maximum Gasteiger partial charge on any atom is 0.490 e. The Balaban J connectivity index is 0.000000451. The Hall–Kier alpha value is -2.04. The summed E-state index contributed by atoms with van der Waals surface area (Å²) >= 11 is 0. The molecule has 6 nitrogen and oxygen atoms in total. The van der Waals surface area contributed by atoms with Crippen molar-refractivity contribution in [2.75, 3.05) is 19.6 Å². The predicted octanol–water partition coefficient (Wildman–Crippen LogP) is 3.38. The Morgan fingerprint density at radius 2 is 1.56 bits per heavy atom. The summed E-state index contributed by atoms with van der Waals surface area (Å²) in [6, 6.07) is 5.83. The number of Topliss-reactive ketones (excluding diaryl/α,β-unsaturated/α-hetero) is 1. The van der Waals surface area contributed by atoms with E-state index in [1.165, 1.54) is 43.5 Å². The maximum absolute atomic E-state index is 13.0. The largest absolute Gasteiger partial charge is 0.490 e. The van der Waals surface area contributed by atoms with Gasteiger partial charge in [0, 0.05) is 24.7 Å². The summed E-state index contributed by atoms with van der Waals surface area (Å²) in [6.45, 7) is 2.49. The van der Waals surface area contributed by atoms with Crippen LogP contribution in [0.1, 0.15) is 55.3 Å². The van der Waals surface area contributed by atoms with Gasteiger partial charge in [-0.25, -0.2) is 9.18 Å². The number of hydrogen-bond acceptors (Lipinski definition) is 5.